The van der Waals surface area contributed by atoms with E-state index in [1.165, 1.54) is 11.8 Å². The number of nitrogens with one attached hydrogen (secondary N) is 2. The zero-order valence-corrected chi connectivity index (χ0v) is 22.5. The number of nitrogens with zero attached hydrogens (tertiary/aromatic N) is 1. The number of aromatic nitrogens is 1. The summed E-state index contributed by atoms with van der Waals surface area (Å²) >= 11 is 7.80. The number of morpholine rings is 1. The van der Waals surface area contributed by atoms with E-state index in [2.05, 4.69) is 15.2 Å². The molecule has 1 aliphatic rings. The molecule has 37 heavy (non-hydrogen) atoms. The topological polar surface area (TPSA) is 94.7 Å². The van der Waals surface area contributed by atoms with Crippen molar-refractivity contribution in [1.82, 2.24) is 15.2 Å². The first-order chi connectivity index (χ1) is 18.0. The number of aromatic amines is 1. The Balaban J connectivity index is 1.39. The van der Waals surface area contributed by atoms with Gasteiger partial charge in [0.1, 0.15) is 5.56 Å². The molecule has 1 unspecified atom stereocenters. The lowest BCUT2D eigenvalue weighted by Crippen LogP contribution is -2.35. The molecule has 0 bridgehead atoms. The summed E-state index contributed by atoms with van der Waals surface area (Å²) in [5.41, 5.74) is 2.80. The maximum absolute atomic E-state index is 13.2. The molecule has 198 valence electrons. The van der Waals surface area contributed by atoms with Gasteiger partial charge in [0.05, 0.1) is 13.2 Å². The number of carbonyl (C=O) groups is 1. The largest absolute Gasteiger partial charge is 0.396 e. The Bertz CT molecular complexity index is 1230. The number of benzene rings is 2. The molecule has 7 nitrogen and oxygen atoms in total. The maximum atomic E-state index is 13.2. The van der Waals surface area contributed by atoms with Crippen LogP contribution in [0.25, 0.3) is 10.9 Å². The van der Waals surface area contributed by atoms with Gasteiger partial charge >= 0.3 is 0 Å². The zero-order chi connectivity index (χ0) is 26.0. The van der Waals surface area contributed by atoms with Gasteiger partial charge in [-0.25, -0.2) is 0 Å². The van der Waals surface area contributed by atoms with Crippen LogP contribution >= 0.6 is 23.4 Å². The normalized spacial score (nSPS) is 15.1. The minimum Gasteiger partial charge on any atom is -0.396 e. The molecule has 4 rings (SSSR count). The molecular formula is C28H34ClN3O4S. The van der Waals surface area contributed by atoms with Crippen molar-refractivity contribution in [3.63, 3.8) is 0 Å². The van der Waals surface area contributed by atoms with E-state index in [1.54, 1.807) is 11.8 Å². The number of thioether (sulfide) groups is 1. The Morgan fingerprint density at radius 2 is 1.92 bits per heavy atom. The molecule has 0 spiro atoms. The van der Waals surface area contributed by atoms with E-state index in [9.17, 15) is 9.59 Å². The molecule has 0 radical (unpaired) electrons. The number of carbonyl (C=O) groups excluding carboxylic acids is 1. The Morgan fingerprint density at radius 3 is 2.68 bits per heavy atom. The standard InChI is InChI=1S/C28H34ClN3O4S/c29-22-5-2-20(3-6-22)16-23(37-15-1-12-33)8-9-30-28(35)25-18-31-26-7-4-21(17-24(26)27(25)34)19-32-10-13-36-14-11-32/h2-7,17-18,23,33H,1,8-16,19H2,(H,30,35)(H,31,34). The predicted octanol–water partition coefficient (Wildman–Crippen LogP) is 3.86. The summed E-state index contributed by atoms with van der Waals surface area (Å²) in [5, 5.41) is 13.6. The van der Waals surface area contributed by atoms with Gasteiger partial charge in [-0.3, -0.25) is 14.5 Å². The molecular weight excluding hydrogens is 510 g/mol. The predicted molar refractivity (Wildman–Crippen MR) is 151 cm³/mol. The van der Waals surface area contributed by atoms with Gasteiger partial charge in [-0.05, 0) is 60.4 Å². The average molecular weight is 544 g/mol. The van der Waals surface area contributed by atoms with E-state index in [1.807, 2.05) is 42.5 Å². The molecule has 1 fully saturated rings. The van der Waals surface area contributed by atoms with E-state index in [-0.39, 0.29) is 28.8 Å². The van der Waals surface area contributed by atoms with Gasteiger partial charge in [0.15, 0.2) is 0 Å². The number of aliphatic hydroxyl groups excluding tert-OH is 1. The van der Waals surface area contributed by atoms with E-state index >= 15 is 0 Å². The van der Waals surface area contributed by atoms with E-state index in [0.717, 1.165) is 68.9 Å². The first kappa shape index (κ1) is 27.7. The molecule has 1 aromatic heterocycles. The van der Waals surface area contributed by atoms with E-state index < -0.39 is 0 Å². The lowest BCUT2D eigenvalue weighted by molar-refractivity contribution is 0.0342. The monoisotopic (exact) mass is 543 g/mol. The third-order valence-corrected chi connectivity index (χ3v) is 8.13. The van der Waals surface area contributed by atoms with Crippen molar-refractivity contribution < 1.29 is 14.6 Å². The van der Waals surface area contributed by atoms with Crippen molar-refractivity contribution in [2.75, 3.05) is 45.2 Å². The lowest BCUT2D eigenvalue weighted by Gasteiger charge is -2.26. The van der Waals surface area contributed by atoms with Crippen LogP contribution in [0.5, 0.6) is 0 Å². The Labute approximate surface area is 226 Å². The summed E-state index contributed by atoms with van der Waals surface area (Å²) in [4.78, 5) is 31.6. The number of rotatable bonds is 12. The van der Waals surface area contributed by atoms with Crippen molar-refractivity contribution in [3.8, 4) is 0 Å². The first-order valence-electron chi connectivity index (χ1n) is 12.7. The minimum atomic E-state index is -0.368. The van der Waals surface area contributed by atoms with E-state index in [0.29, 0.717) is 17.0 Å². The van der Waals surface area contributed by atoms with Crippen molar-refractivity contribution in [2.45, 2.75) is 31.1 Å². The Hall–Kier alpha value is -2.36. The summed E-state index contributed by atoms with van der Waals surface area (Å²) < 4.78 is 5.42. The summed E-state index contributed by atoms with van der Waals surface area (Å²) in [6.45, 7) is 4.55. The highest BCUT2D eigenvalue weighted by atomic mass is 35.5. The number of H-pyrrole nitrogens is 1. The number of ether oxygens (including phenoxy) is 1. The number of aliphatic hydroxyl groups is 1. The van der Waals surface area contributed by atoms with Crippen molar-refractivity contribution in [2.24, 2.45) is 0 Å². The quantitative estimate of drug-likeness (QED) is 0.300. The second-order valence-corrected chi connectivity index (χ2v) is 11.1. The third-order valence-electron chi connectivity index (χ3n) is 6.48. The molecule has 1 saturated heterocycles. The van der Waals surface area contributed by atoms with Gasteiger partial charge < -0.3 is 20.1 Å². The number of amides is 1. The molecule has 1 atom stereocenters. The molecule has 1 aliphatic heterocycles. The van der Waals surface area contributed by atoms with E-state index in [4.69, 9.17) is 21.4 Å². The van der Waals surface area contributed by atoms with Crippen molar-refractivity contribution >= 4 is 40.2 Å². The van der Waals surface area contributed by atoms with Crippen LogP contribution in [0.15, 0.2) is 53.5 Å². The smallest absolute Gasteiger partial charge is 0.256 e. The fraction of sp³-hybridized carbons (Fsp3) is 0.429. The summed E-state index contributed by atoms with van der Waals surface area (Å²) in [6.07, 6.45) is 3.82. The van der Waals surface area contributed by atoms with Crippen LogP contribution in [0.2, 0.25) is 5.02 Å². The van der Waals surface area contributed by atoms with Crippen LogP contribution in [-0.2, 0) is 17.7 Å². The lowest BCUT2D eigenvalue weighted by atomic mass is 10.1. The number of hydrogen-bond donors (Lipinski definition) is 3. The molecule has 9 heteroatoms. The Morgan fingerprint density at radius 1 is 1.16 bits per heavy atom. The fourth-order valence-corrected chi connectivity index (χ4v) is 5.78. The molecule has 0 aliphatic carbocycles. The van der Waals surface area contributed by atoms with Gasteiger partial charge in [0.25, 0.3) is 5.91 Å². The second kappa shape index (κ2) is 14.0. The second-order valence-electron chi connectivity index (χ2n) is 9.25. The highest BCUT2D eigenvalue weighted by molar-refractivity contribution is 7.99. The average Bonchev–Trinajstić information content (AvgIpc) is 2.91. The van der Waals surface area contributed by atoms with Crippen LogP contribution in [-0.4, -0.2) is 71.4 Å². The van der Waals surface area contributed by atoms with Crippen LogP contribution in [0.1, 0.15) is 34.3 Å². The van der Waals surface area contributed by atoms with Gasteiger partial charge in [-0.15, -0.1) is 0 Å². The summed E-state index contributed by atoms with van der Waals surface area (Å²) in [7, 11) is 0. The van der Waals surface area contributed by atoms with Crippen molar-refractivity contribution in [3.05, 3.63) is 80.6 Å². The van der Waals surface area contributed by atoms with Crippen LogP contribution < -0.4 is 10.7 Å². The fourth-order valence-electron chi connectivity index (χ4n) is 4.43. The van der Waals surface area contributed by atoms with Gasteiger partial charge in [-0.2, -0.15) is 11.8 Å². The highest BCUT2D eigenvalue weighted by Crippen LogP contribution is 2.22. The van der Waals surface area contributed by atoms with Crippen LogP contribution in [0, 0.1) is 0 Å². The first-order valence-corrected chi connectivity index (χ1v) is 14.2. The van der Waals surface area contributed by atoms with Gasteiger partial charge in [0, 0.05) is 60.2 Å². The third kappa shape index (κ3) is 8.06. The minimum absolute atomic E-state index is 0.123. The molecule has 3 N–H and O–H groups in total. The summed E-state index contributed by atoms with van der Waals surface area (Å²) in [6, 6.07) is 13.6. The molecule has 1 amide bonds. The Kier molecular flexibility index (Phi) is 10.5. The maximum Gasteiger partial charge on any atom is 0.256 e. The molecule has 2 heterocycles. The number of hydrogen-bond acceptors (Lipinski definition) is 6. The zero-order valence-electron chi connectivity index (χ0n) is 20.9. The number of halogens is 1. The SMILES string of the molecule is O=C(NCCC(Cc1ccc(Cl)cc1)SCCCO)c1c[nH]c2ccc(CN3CCOCC3)cc2c1=O. The summed E-state index contributed by atoms with van der Waals surface area (Å²) in [5.74, 6) is 0.479. The van der Waals surface area contributed by atoms with Crippen molar-refractivity contribution in [1.29, 1.82) is 0 Å². The van der Waals surface area contributed by atoms with Gasteiger partial charge in [-0.1, -0.05) is 29.8 Å². The molecule has 0 saturated carbocycles. The molecule has 3 aromatic rings. The van der Waals surface area contributed by atoms with Crippen LogP contribution in [0.3, 0.4) is 0 Å². The molecule has 2 aromatic carbocycles. The number of pyridine rings is 1. The number of fused-ring (bicyclic) bond motifs is 1. The van der Waals surface area contributed by atoms with Crippen LogP contribution in [0.4, 0.5) is 0 Å². The highest BCUT2D eigenvalue weighted by Gasteiger charge is 2.16. The van der Waals surface area contributed by atoms with Gasteiger partial charge in [0.2, 0.25) is 5.43 Å².